The summed E-state index contributed by atoms with van der Waals surface area (Å²) < 4.78 is 25.9. The summed E-state index contributed by atoms with van der Waals surface area (Å²) in [4.78, 5) is 15.6. The van der Waals surface area contributed by atoms with E-state index in [1.165, 1.54) is 11.3 Å². The molecule has 2 aromatic rings. The average molecular weight is 268 g/mol. The van der Waals surface area contributed by atoms with Crippen molar-refractivity contribution >= 4 is 22.3 Å². The van der Waals surface area contributed by atoms with Gasteiger partial charge in [-0.3, -0.25) is 4.79 Å². The van der Waals surface area contributed by atoms with E-state index >= 15 is 0 Å². The lowest BCUT2D eigenvalue weighted by Gasteiger charge is -2.01. The number of hydrogen-bond donors (Lipinski definition) is 1. The molecule has 0 bridgehead atoms. The quantitative estimate of drug-likeness (QED) is 0.926. The summed E-state index contributed by atoms with van der Waals surface area (Å²) in [5.74, 6) is -1.53. The fourth-order valence-electron chi connectivity index (χ4n) is 1.61. The third-order valence-electron chi connectivity index (χ3n) is 2.27. The maximum Gasteiger partial charge on any atom is 0.180 e. The van der Waals surface area contributed by atoms with Crippen molar-refractivity contribution in [3.8, 4) is 0 Å². The van der Waals surface area contributed by atoms with Gasteiger partial charge in [0.1, 0.15) is 17.4 Å². The number of anilines is 1. The van der Waals surface area contributed by atoms with E-state index in [0.717, 1.165) is 18.2 Å². The molecular formula is C12H10F2N2OS. The van der Waals surface area contributed by atoms with Crippen LogP contribution in [0.4, 0.5) is 13.9 Å². The van der Waals surface area contributed by atoms with E-state index in [0.29, 0.717) is 16.4 Å². The van der Waals surface area contributed by atoms with Crippen LogP contribution in [-0.2, 0) is 17.6 Å². The second-order valence-electron chi connectivity index (χ2n) is 3.85. The largest absolute Gasteiger partial charge is 0.375 e. The molecule has 1 aromatic carbocycles. The number of carbonyl (C=O) groups excluding carboxylic acids is 1. The molecule has 1 aromatic heterocycles. The Kier molecular flexibility index (Phi) is 3.66. The number of carbonyl (C=O) groups is 1. The molecule has 18 heavy (non-hydrogen) atoms. The van der Waals surface area contributed by atoms with Crippen molar-refractivity contribution in [2.24, 2.45) is 0 Å². The van der Waals surface area contributed by atoms with Crippen LogP contribution in [0.3, 0.4) is 0 Å². The molecule has 6 heteroatoms. The molecule has 0 radical (unpaired) electrons. The van der Waals surface area contributed by atoms with Gasteiger partial charge in [-0.05, 0) is 17.7 Å². The van der Waals surface area contributed by atoms with Crippen LogP contribution in [0.5, 0.6) is 0 Å². The molecule has 94 valence electrons. The van der Waals surface area contributed by atoms with Gasteiger partial charge in [0, 0.05) is 24.3 Å². The van der Waals surface area contributed by atoms with E-state index in [2.05, 4.69) is 4.98 Å². The number of ketones is 1. The van der Waals surface area contributed by atoms with E-state index in [4.69, 9.17) is 5.73 Å². The summed E-state index contributed by atoms with van der Waals surface area (Å²) in [6, 6.07) is 3.07. The van der Waals surface area contributed by atoms with Crippen molar-refractivity contribution in [2.45, 2.75) is 12.8 Å². The molecule has 0 unspecified atom stereocenters. The monoisotopic (exact) mass is 268 g/mol. The Morgan fingerprint density at radius 2 is 1.89 bits per heavy atom. The van der Waals surface area contributed by atoms with Gasteiger partial charge in [0.05, 0.1) is 5.69 Å². The van der Waals surface area contributed by atoms with Gasteiger partial charge in [-0.25, -0.2) is 13.8 Å². The number of hydrogen-bond acceptors (Lipinski definition) is 4. The molecule has 1 heterocycles. The van der Waals surface area contributed by atoms with Gasteiger partial charge in [-0.2, -0.15) is 0 Å². The number of benzene rings is 1. The maximum atomic E-state index is 12.9. The molecule has 0 aliphatic heterocycles. The van der Waals surface area contributed by atoms with Gasteiger partial charge in [-0.1, -0.05) is 0 Å². The van der Waals surface area contributed by atoms with Crippen LogP contribution in [0.1, 0.15) is 11.3 Å². The van der Waals surface area contributed by atoms with E-state index < -0.39 is 11.6 Å². The summed E-state index contributed by atoms with van der Waals surface area (Å²) in [7, 11) is 0. The van der Waals surface area contributed by atoms with E-state index in [-0.39, 0.29) is 18.6 Å². The standard InChI is InChI=1S/C12H10F2N2OS/c13-8-1-7(2-9(14)4-8)3-11(17)5-10-6-18-12(15)16-10/h1-2,4,6H,3,5H2,(H2,15,16). The van der Waals surface area contributed by atoms with Crippen molar-refractivity contribution < 1.29 is 13.6 Å². The molecule has 0 fully saturated rings. The molecule has 0 spiro atoms. The SMILES string of the molecule is Nc1nc(CC(=O)Cc2cc(F)cc(F)c2)cs1. The highest BCUT2D eigenvalue weighted by atomic mass is 32.1. The normalized spacial score (nSPS) is 10.6. The summed E-state index contributed by atoms with van der Waals surface area (Å²) in [5, 5.41) is 2.09. The number of nitrogens with zero attached hydrogens (tertiary/aromatic N) is 1. The Morgan fingerprint density at radius 3 is 2.44 bits per heavy atom. The number of Topliss-reactive ketones (excluding diaryl/α,β-unsaturated/α-hetero) is 1. The van der Waals surface area contributed by atoms with Crippen molar-refractivity contribution in [2.75, 3.05) is 5.73 Å². The van der Waals surface area contributed by atoms with Gasteiger partial charge in [0.2, 0.25) is 0 Å². The van der Waals surface area contributed by atoms with Crippen molar-refractivity contribution in [3.05, 3.63) is 46.5 Å². The molecule has 2 N–H and O–H groups in total. The molecule has 0 amide bonds. The number of nitrogens with two attached hydrogens (primary N) is 1. The maximum absolute atomic E-state index is 12.9. The highest BCUT2D eigenvalue weighted by molar-refractivity contribution is 7.13. The first-order valence-electron chi connectivity index (χ1n) is 5.19. The first-order valence-corrected chi connectivity index (χ1v) is 6.07. The van der Waals surface area contributed by atoms with Crippen molar-refractivity contribution in [1.29, 1.82) is 0 Å². The predicted molar refractivity (Wildman–Crippen MR) is 65.3 cm³/mol. The average Bonchev–Trinajstić information content (AvgIpc) is 2.61. The van der Waals surface area contributed by atoms with E-state index in [1.807, 2.05) is 0 Å². The van der Waals surface area contributed by atoms with Crippen LogP contribution < -0.4 is 5.73 Å². The number of aromatic nitrogens is 1. The van der Waals surface area contributed by atoms with Crippen LogP contribution in [0.2, 0.25) is 0 Å². The highest BCUT2D eigenvalue weighted by Gasteiger charge is 2.09. The minimum Gasteiger partial charge on any atom is -0.375 e. The lowest BCUT2D eigenvalue weighted by molar-refractivity contribution is -0.117. The molecule has 0 saturated heterocycles. The molecule has 0 atom stereocenters. The van der Waals surface area contributed by atoms with Gasteiger partial charge >= 0.3 is 0 Å². The molecule has 3 nitrogen and oxygen atoms in total. The van der Waals surface area contributed by atoms with Gasteiger partial charge in [0.15, 0.2) is 5.13 Å². The third kappa shape index (κ3) is 3.33. The van der Waals surface area contributed by atoms with Crippen LogP contribution >= 0.6 is 11.3 Å². The van der Waals surface area contributed by atoms with Crippen LogP contribution in [0.25, 0.3) is 0 Å². The fraction of sp³-hybridized carbons (Fsp3) is 0.167. The Morgan fingerprint density at radius 1 is 1.22 bits per heavy atom. The predicted octanol–water partition coefficient (Wildman–Crippen LogP) is 2.36. The Balaban J connectivity index is 2.02. The molecule has 0 saturated carbocycles. The zero-order valence-electron chi connectivity index (χ0n) is 9.32. The van der Waals surface area contributed by atoms with Crippen LogP contribution in [-0.4, -0.2) is 10.8 Å². The Bertz CT molecular complexity index is 563. The van der Waals surface area contributed by atoms with E-state index in [9.17, 15) is 13.6 Å². The summed E-state index contributed by atoms with van der Waals surface area (Å²) in [5.41, 5.74) is 6.35. The second-order valence-corrected chi connectivity index (χ2v) is 4.74. The molecule has 2 rings (SSSR count). The molecule has 0 aliphatic carbocycles. The molecular weight excluding hydrogens is 258 g/mol. The number of thiazole rings is 1. The topological polar surface area (TPSA) is 56.0 Å². The zero-order chi connectivity index (χ0) is 13.1. The minimum absolute atomic E-state index is 0.0217. The summed E-state index contributed by atoms with van der Waals surface area (Å²) in [6.45, 7) is 0. The first kappa shape index (κ1) is 12.6. The lowest BCUT2D eigenvalue weighted by Crippen LogP contribution is -2.07. The van der Waals surface area contributed by atoms with Crippen LogP contribution in [0, 0.1) is 11.6 Å². The summed E-state index contributed by atoms with van der Waals surface area (Å²) >= 11 is 1.25. The van der Waals surface area contributed by atoms with Crippen molar-refractivity contribution in [1.82, 2.24) is 4.98 Å². The molecule has 0 aliphatic rings. The van der Waals surface area contributed by atoms with Crippen molar-refractivity contribution in [3.63, 3.8) is 0 Å². The van der Waals surface area contributed by atoms with Gasteiger partial charge in [0.25, 0.3) is 0 Å². The third-order valence-corrected chi connectivity index (χ3v) is 2.99. The zero-order valence-corrected chi connectivity index (χ0v) is 10.1. The van der Waals surface area contributed by atoms with Gasteiger partial charge < -0.3 is 5.73 Å². The minimum atomic E-state index is -0.685. The Hall–Kier alpha value is -1.82. The highest BCUT2D eigenvalue weighted by Crippen LogP contribution is 2.13. The number of halogens is 2. The van der Waals surface area contributed by atoms with Crippen LogP contribution in [0.15, 0.2) is 23.6 Å². The fourth-order valence-corrected chi connectivity index (χ4v) is 2.17. The van der Waals surface area contributed by atoms with E-state index in [1.54, 1.807) is 5.38 Å². The second kappa shape index (κ2) is 5.22. The Labute approximate surface area is 106 Å². The summed E-state index contributed by atoms with van der Waals surface area (Å²) in [6.07, 6.45) is 0.0952. The first-order chi connectivity index (χ1) is 8.52. The smallest absolute Gasteiger partial charge is 0.180 e. The number of rotatable bonds is 4. The van der Waals surface area contributed by atoms with Gasteiger partial charge in [-0.15, -0.1) is 11.3 Å². The lowest BCUT2D eigenvalue weighted by atomic mass is 10.1. The number of nitrogen functional groups attached to an aromatic ring is 1.